The predicted octanol–water partition coefficient (Wildman–Crippen LogP) is 4.50. The van der Waals surface area contributed by atoms with E-state index in [4.69, 9.17) is 9.47 Å². The van der Waals surface area contributed by atoms with Crippen LogP contribution in [0, 0.1) is 6.92 Å². The number of rotatable bonds is 13. The fraction of sp³-hybridized carbons (Fsp3) is 0.462. The van der Waals surface area contributed by atoms with Crippen molar-refractivity contribution in [2.45, 2.75) is 59.0 Å². The van der Waals surface area contributed by atoms with E-state index in [9.17, 15) is 9.59 Å². The van der Waals surface area contributed by atoms with Crippen LogP contribution in [0.15, 0.2) is 48.5 Å². The number of amides is 2. The molecule has 0 aromatic heterocycles. The Balaban J connectivity index is 1.98. The van der Waals surface area contributed by atoms with E-state index in [0.29, 0.717) is 32.5 Å². The Morgan fingerprint density at radius 2 is 1.66 bits per heavy atom. The molecule has 0 spiro atoms. The lowest BCUT2D eigenvalue weighted by atomic mass is 10.1. The van der Waals surface area contributed by atoms with Gasteiger partial charge < -0.3 is 19.7 Å². The Labute approximate surface area is 191 Å². The first-order valence-electron chi connectivity index (χ1n) is 11.3. The van der Waals surface area contributed by atoms with Crippen LogP contribution in [0.5, 0.6) is 11.5 Å². The van der Waals surface area contributed by atoms with E-state index in [2.05, 4.69) is 12.2 Å². The van der Waals surface area contributed by atoms with Crippen LogP contribution in [-0.4, -0.2) is 43.0 Å². The fourth-order valence-electron chi connectivity index (χ4n) is 3.24. The monoisotopic (exact) mass is 440 g/mol. The number of hydrogen-bond donors (Lipinski definition) is 1. The third-order valence-electron chi connectivity index (χ3n) is 5.33. The Morgan fingerprint density at radius 1 is 1.00 bits per heavy atom. The number of aryl methyl sites for hydroxylation is 1. The van der Waals surface area contributed by atoms with Crippen LogP contribution in [-0.2, 0) is 16.1 Å². The first-order valence-corrected chi connectivity index (χ1v) is 11.3. The second kappa shape index (κ2) is 13.4. The van der Waals surface area contributed by atoms with E-state index in [-0.39, 0.29) is 11.8 Å². The van der Waals surface area contributed by atoms with Crippen molar-refractivity contribution in [3.8, 4) is 11.5 Å². The van der Waals surface area contributed by atoms with Gasteiger partial charge in [-0.05, 0) is 56.5 Å². The topological polar surface area (TPSA) is 67.9 Å². The van der Waals surface area contributed by atoms with Gasteiger partial charge in [-0.2, -0.15) is 0 Å². The molecule has 0 saturated carbocycles. The lowest BCUT2D eigenvalue weighted by Crippen LogP contribution is -2.47. The van der Waals surface area contributed by atoms with Crippen molar-refractivity contribution >= 4 is 11.8 Å². The standard InChI is InChI=1S/C26H36N2O4/c1-5-6-17-27-26(30)21(3)28(19-22-11-15-23(31-4)16-12-22)25(29)8-7-18-32-24-13-9-20(2)10-14-24/h9-16,21H,5-8,17-19H2,1-4H3,(H,27,30). The molecule has 2 aromatic carbocycles. The Morgan fingerprint density at radius 3 is 2.28 bits per heavy atom. The summed E-state index contributed by atoms with van der Waals surface area (Å²) < 4.78 is 11.0. The van der Waals surface area contributed by atoms with Crippen LogP contribution in [0.3, 0.4) is 0 Å². The zero-order valence-corrected chi connectivity index (χ0v) is 19.7. The van der Waals surface area contributed by atoms with Crippen molar-refractivity contribution in [2.24, 2.45) is 0 Å². The van der Waals surface area contributed by atoms with Gasteiger partial charge in [-0.25, -0.2) is 0 Å². The third kappa shape index (κ3) is 8.25. The maximum Gasteiger partial charge on any atom is 0.242 e. The summed E-state index contributed by atoms with van der Waals surface area (Å²) >= 11 is 0. The minimum Gasteiger partial charge on any atom is -0.497 e. The van der Waals surface area contributed by atoms with Crippen LogP contribution >= 0.6 is 0 Å². The van der Waals surface area contributed by atoms with E-state index in [1.807, 2.05) is 55.5 Å². The Bertz CT molecular complexity index is 834. The Kier molecular flexibility index (Phi) is 10.6. The molecule has 2 aromatic rings. The molecule has 6 nitrogen and oxygen atoms in total. The minimum absolute atomic E-state index is 0.0635. The zero-order valence-electron chi connectivity index (χ0n) is 19.7. The van der Waals surface area contributed by atoms with E-state index < -0.39 is 6.04 Å². The summed E-state index contributed by atoms with van der Waals surface area (Å²) in [6.45, 7) is 7.32. The lowest BCUT2D eigenvalue weighted by molar-refractivity contribution is -0.140. The lowest BCUT2D eigenvalue weighted by Gasteiger charge is -2.29. The maximum absolute atomic E-state index is 13.1. The largest absolute Gasteiger partial charge is 0.497 e. The number of nitrogens with zero attached hydrogens (tertiary/aromatic N) is 1. The molecule has 0 fully saturated rings. The number of benzene rings is 2. The van der Waals surface area contributed by atoms with Crippen molar-refractivity contribution < 1.29 is 19.1 Å². The van der Waals surface area contributed by atoms with Gasteiger partial charge in [0.1, 0.15) is 17.5 Å². The van der Waals surface area contributed by atoms with Gasteiger partial charge in [-0.1, -0.05) is 43.2 Å². The van der Waals surface area contributed by atoms with Crippen molar-refractivity contribution in [1.82, 2.24) is 10.2 Å². The molecule has 1 N–H and O–H groups in total. The highest BCUT2D eigenvalue weighted by atomic mass is 16.5. The number of ether oxygens (including phenoxy) is 2. The highest BCUT2D eigenvalue weighted by Gasteiger charge is 2.25. The number of carbonyl (C=O) groups is 2. The average Bonchev–Trinajstić information content (AvgIpc) is 2.81. The number of unbranched alkanes of at least 4 members (excludes halogenated alkanes) is 1. The van der Waals surface area contributed by atoms with Crippen LogP contribution < -0.4 is 14.8 Å². The van der Waals surface area contributed by atoms with Gasteiger partial charge in [0, 0.05) is 19.5 Å². The molecule has 6 heteroatoms. The molecule has 0 heterocycles. The molecule has 0 aliphatic rings. The molecule has 2 rings (SSSR count). The van der Waals surface area contributed by atoms with Gasteiger partial charge in [0.15, 0.2) is 0 Å². The molecule has 2 amide bonds. The summed E-state index contributed by atoms with van der Waals surface area (Å²) in [7, 11) is 1.62. The normalized spacial score (nSPS) is 11.5. The van der Waals surface area contributed by atoms with Crippen molar-refractivity contribution in [3.05, 3.63) is 59.7 Å². The van der Waals surface area contributed by atoms with E-state index >= 15 is 0 Å². The summed E-state index contributed by atoms with van der Waals surface area (Å²) in [5.41, 5.74) is 2.12. The van der Waals surface area contributed by atoms with Gasteiger partial charge in [-0.15, -0.1) is 0 Å². The summed E-state index contributed by atoms with van der Waals surface area (Å²) in [5.74, 6) is 1.36. The smallest absolute Gasteiger partial charge is 0.242 e. The molecule has 174 valence electrons. The van der Waals surface area contributed by atoms with Gasteiger partial charge in [0.25, 0.3) is 0 Å². The third-order valence-corrected chi connectivity index (χ3v) is 5.33. The average molecular weight is 441 g/mol. The minimum atomic E-state index is -0.556. The van der Waals surface area contributed by atoms with Crippen LogP contribution in [0.2, 0.25) is 0 Å². The molecule has 1 atom stereocenters. The maximum atomic E-state index is 13.1. The molecule has 32 heavy (non-hydrogen) atoms. The number of hydrogen-bond acceptors (Lipinski definition) is 4. The molecule has 0 saturated heterocycles. The van der Waals surface area contributed by atoms with Crippen molar-refractivity contribution in [2.75, 3.05) is 20.3 Å². The quantitative estimate of drug-likeness (QED) is 0.466. The van der Waals surface area contributed by atoms with E-state index in [1.165, 1.54) is 5.56 Å². The second-order valence-corrected chi connectivity index (χ2v) is 7.96. The SMILES string of the molecule is CCCCNC(=O)C(C)N(Cc1ccc(OC)cc1)C(=O)CCCOc1ccc(C)cc1. The molecule has 0 aliphatic heterocycles. The van der Waals surface area contributed by atoms with Crippen LogP contribution in [0.1, 0.15) is 50.7 Å². The summed E-state index contributed by atoms with van der Waals surface area (Å²) in [5, 5.41) is 2.94. The summed E-state index contributed by atoms with van der Waals surface area (Å²) in [6, 6.07) is 14.8. The second-order valence-electron chi connectivity index (χ2n) is 7.96. The summed E-state index contributed by atoms with van der Waals surface area (Å²) in [6.07, 6.45) is 2.82. The van der Waals surface area contributed by atoms with Crippen molar-refractivity contribution in [1.29, 1.82) is 0 Å². The highest BCUT2D eigenvalue weighted by molar-refractivity contribution is 5.87. The first kappa shape index (κ1) is 25.2. The summed E-state index contributed by atoms with van der Waals surface area (Å²) in [4.78, 5) is 27.4. The number of carbonyl (C=O) groups excluding carboxylic acids is 2. The molecular formula is C26H36N2O4. The van der Waals surface area contributed by atoms with Gasteiger partial charge in [0.05, 0.1) is 13.7 Å². The van der Waals surface area contributed by atoms with Gasteiger partial charge >= 0.3 is 0 Å². The molecule has 0 aliphatic carbocycles. The Hall–Kier alpha value is -3.02. The van der Waals surface area contributed by atoms with Gasteiger partial charge in [0.2, 0.25) is 11.8 Å². The molecule has 0 radical (unpaired) electrons. The molecular weight excluding hydrogens is 404 g/mol. The fourth-order valence-corrected chi connectivity index (χ4v) is 3.24. The highest BCUT2D eigenvalue weighted by Crippen LogP contribution is 2.17. The first-order chi connectivity index (χ1) is 15.4. The molecule has 0 bridgehead atoms. The van der Waals surface area contributed by atoms with Crippen LogP contribution in [0.4, 0.5) is 0 Å². The van der Waals surface area contributed by atoms with E-state index in [0.717, 1.165) is 29.9 Å². The van der Waals surface area contributed by atoms with Crippen molar-refractivity contribution in [3.63, 3.8) is 0 Å². The number of methoxy groups -OCH3 is 1. The molecule has 1 unspecified atom stereocenters. The van der Waals surface area contributed by atoms with E-state index in [1.54, 1.807) is 18.9 Å². The zero-order chi connectivity index (χ0) is 23.3. The van der Waals surface area contributed by atoms with Crippen LogP contribution in [0.25, 0.3) is 0 Å². The van der Waals surface area contributed by atoms with Gasteiger partial charge in [-0.3, -0.25) is 9.59 Å². The number of nitrogens with one attached hydrogen (secondary N) is 1. The predicted molar refractivity (Wildman–Crippen MR) is 127 cm³/mol.